The molecule has 1 fully saturated rings. The number of hydrogen-bond donors (Lipinski definition) is 3. The highest BCUT2D eigenvalue weighted by atomic mass is 16.3. The predicted molar refractivity (Wildman–Crippen MR) is 68.7 cm³/mol. The standard InChI is InChI=1S/C13H26N2O2/c1-5-9(6-2)15-12(17)8-14-10-7-11(16)13(10,3)4/h9-11,14,16H,5-8H2,1-4H3,(H,15,17). The van der Waals surface area contributed by atoms with E-state index in [2.05, 4.69) is 24.5 Å². The molecule has 0 aliphatic heterocycles. The van der Waals surface area contributed by atoms with Gasteiger partial charge in [-0.2, -0.15) is 0 Å². The maximum atomic E-state index is 11.7. The molecule has 0 aromatic heterocycles. The lowest BCUT2D eigenvalue weighted by molar-refractivity contribution is -0.122. The number of hydrogen-bond acceptors (Lipinski definition) is 3. The van der Waals surface area contributed by atoms with Gasteiger partial charge >= 0.3 is 0 Å². The minimum atomic E-state index is -0.248. The zero-order chi connectivity index (χ0) is 13.1. The third-order valence-electron chi connectivity index (χ3n) is 4.08. The van der Waals surface area contributed by atoms with Crippen molar-refractivity contribution in [3.05, 3.63) is 0 Å². The van der Waals surface area contributed by atoms with Crippen LogP contribution in [0.4, 0.5) is 0 Å². The van der Waals surface area contributed by atoms with E-state index in [4.69, 9.17) is 0 Å². The molecule has 0 spiro atoms. The molecule has 1 rings (SSSR count). The Morgan fingerprint density at radius 3 is 2.41 bits per heavy atom. The first-order chi connectivity index (χ1) is 7.91. The van der Waals surface area contributed by atoms with Gasteiger partial charge in [0.05, 0.1) is 12.6 Å². The fourth-order valence-electron chi connectivity index (χ4n) is 2.24. The van der Waals surface area contributed by atoms with Gasteiger partial charge < -0.3 is 15.7 Å². The summed E-state index contributed by atoms with van der Waals surface area (Å²) in [5.41, 5.74) is -0.116. The summed E-state index contributed by atoms with van der Waals surface area (Å²) in [7, 11) is 0. The smallest absolute Gasteiger partial charge is 0.234 e. The first kappa shape index (κ1) is 14.5. The second-order valence-electron chi connectivity index (χ2n) is 5.59. The first-order valence-electron chi connectivity index (χ1n) is 6.62. The van der Waals surface area contributed by atoms with E-state index < -0.39 is 0 Å². The van der Waals surface area contributed by atoms with E-state index in [0.717, 1.165) is 19.3 Å². The van der Waals surface area contributed by atoms with Crippen molar-refractivity contribution in [1.29, 1.82) is 0 Å². The van der Waals surface area contributed by atoms with Crippen LogP contribution in [0.1, 0.15) is 47.0 Å². The van der Waals surface area contributed by atoms with Gasteiger partial charge in [0.1, 0.15) is 0 Å². The lowest BCUT2D eigenvalue weighted by Gasteiger charge is -2.49. The van der Waals surface area contributed by atoms with Crippen LogP contribution in [-0.2, 0) is 4.79 Å². The van der Waals surface area contributed by atoms with Crippen LogP contribution >= 0.6 is 0 Å². The van der Waals surface area contributed by atoms with E-state index in [9.17, 15) is 9.90 Å². The summed E-state index contributed by atoms with van der Waals surface area (Å²) < 4.78 is 0. The SMILES string of the molecule is CCC(CC)NC(=O)CNC1CC(O)C1(C)C. The summed E-state index contributed by atoms with van der Waals surface area (Å²) in [5.74, 6) is 0.0517. The van der Waals surface area contributed by atoms with Crippen LogP contribution in [0.15, 0.2) is 0 Å². The average molecular weight is 242 g/mol. The molecule has 100 valence electrons. The predicted octanol–water partition coefficient (Wildman–Crippen LogP) is 1.04. The lowest BCUT2D eigenvalue weighted by Crippen LogP contribution is -2.61. The maximum Gasteiger partial charge on any atom is 0.234 e. The molecule has 4 heteroatoms. The van der Waals surface area contributed by atoms with E-state index in [1.165, 1.54) is 0 Å². The molecule has 0 aromatic carbocycles. The normalized spacial score (nSPS) is 26.7. The number of carbonyl (C=O) groups excluding carboxylic acids is 1. The topological polar surface area (TPSA) is 61.4 Å². The third-order valence-corrected chi connectivity index (χ3v) is 4.08. The summed E-state index contributed by atoms with van der Waals surface area (Å²) in [6, 6.07) is 0.522. The number of amides is 1. The van der Waals surface area contributed by atoms with Gasteiger partial charge in [0.15, 0.2) is 0 Å². The third kappa shape index (κ3) is 3.42. The molecule has 1 aliphatic rings. The molecular weight excluding hydrogens is 216 g/mol. The lowest BCUT2D eigenvalue weighted by atomic mass is 9.64. The summed E-state index contributed by atoms with van der Waals surface area (Å²) in [6.07, 6.45) is 2.43. The Morgan fingerprint density at radius 1 is 1.41 bits per heavy atom. The zero-order valence-electron chi connectivity index (χ0n) is 11.4. The number of nitrogens with one attached hydrogen (secondary N) is 2. The summed E-state index contributed by atoms with van der Waals surface area (Å²) in [6.45, 7) is 8.55. The molecule has 17 heavy (non-hydrogen) atoms. The fourth-order valence-corrected chi connectivity index (χ4v) is 2.24. The minimum Gasteiger partial charge on any atom is -0.392 e. The van der Waals surface area contributed by atoms with Crippen LogP contribution in [-0.4, -0.2) is 35.7 Å². The van der Waals surface area contributed by atoms with Gasteiger partial charge in [-0.05, 0) is 19.3 Å². The Hall–Kier alpha value is -0.610. The monoisotopic (exact) mass is 242 g/mol. The summed E-state index contributed by atoms with van der Waals surface area (Å²) >= 11 is 0. The molecule has 1 aliphatic carbocycles. The Bertz CT molecular complexity index is 262. The molecule has 0 aromatic rings. The van der Waals surface area contributed by atoms with E-state index >= 15 is 0 Å². The van der Waals surface area contributed by atoms with E-state index in [1.54, 1.807) is 0 Å². The van der Waals surface area contributed by atoms with Crippen LogP contribution in [0, 0.1) is 5.41 Å². The summed E-state index contributed by atoms with van der Waals surface area (Å²) in [4.78, 5) is 11.7. The van der Waals surface area contributed by atoms with Crippen molar-refractivity contribution < 1.29 is 9.90 Å². The van der Waals surface area contributed by atoms with Crippen molar-refractivity contribution in [1.82, 2.24) is 10.6 Å². The molecule has 3 N–H and O–H groups in total. The van der Waals surface area contributed by atoms with Gasteiger partial charge in [-0.1, -0.05) is 27.7 Å². The second-order valence-corrected chi connectivity index (χ2v) is 5.59. The Balaban J connectivity index is 2.25. The van der Waals surface area contributed by atoms with Crippen LogP contribution in [0.2, 0.25) is 0 Å². The minimum absolute atomic E-state index is 0.0517. The van der Waals surface area contributed by atoms with Crippen molar-refractivity contribution in [3.8, 4) is 0 Å². The Kier molecular flexibility index (Phi) is 4.95. The van der Waals surface area contributed by atoms with Crippen LogP contribution in [0.5, 0.6) is 0 Å². The van der Waals surface area contributed by atoms with Crippen molar-refractivity contribution >= 4 is 5.91 Å². The molecule has 1 saturated carbocycles. The Morgan fingerprint density at radius 2 is 2.00 bits per heavy atom. The number of carbonyl (C=O) groups is 1. The molecule has 1 amide bonds. The quantitative estimate of drug-likeness (QED) is 0.652. The highest BCUT2D eigenvalue weighted by Gasteiger charge is 2.46. The molecule has 0 radical (unpaired) electrons. The fraction of sp³-hybridized carbons (Fsp3) is 0.923. The highest BCUT2D eigenvalue weighted by molar-refractivity contribution is 5.78. The van der Waals surface area contributed by atoms with Gasteiger partial charge in [-0.25, -0.2) is 0 Å². The number of aliphatic hydroxyl groups is 1. The zero-order valence-corrected chi connectivity index (χ0v) is 11.4. The molecule has 0 bridgehead atoms. The van der Waals surface area contributed by atoms with Gasteiger partial charge in [0.25, 0.3) is 0 Å². The van der Waals surface area contributed by atoms with Gasteiger partial charge in [0, 0.05) is 17.5 Å². The average Bonchev–Trinajstić information content (AvgIpc) is 2.31. The van der Waals surface area contributed by atoms with Gasteiger partial charge in [0.2, 0.25) is 5.91 Å². The molecular formula is C13H26N2O2. The molecule has 0 saturated heterocycles. The first-order valence-corrected chi connectivity index (χ1v) is 6.62. The second kappa shape index (κ2) is 5.83. The molecule has 2 atom stereocenters. The van der Waals surface area contributed by atoms with E-state index in [0.29, 0.717) is 6.54 Å². The van der Waals surface area contributed by atoms with Gasteiger partial charge in [-0.3, -0.25) is 4.79 Å². The highest BCUT2D eigenvalue weighted by Crippen LogP contribution is 2.40. The van der Waals surface area contributed by atoms with Crippen LogP contribution in [0.3, 0.4) is 0 Å². The maximum absolute atomic E-state index is 11.7. The number of aliphatic hydroxyl groups excluding tert-OH is 1. The van der Waals surface area contributed by atoms with Crippen molar-refractivity contribution in [3.63, 3.8) is 0 Å². The summed E-state index contributed by atoms with van der Waals surface area (Å²) in [5, 5.41) is 15.8. The van der Waals surface area contributed by atoms with Crippen molar-refractivity contribution in [2.45, 2.75) is 65.1 Å². The van der Waals surface area contributed by atoms with Crippen LogP contribution in [0.25, 0.3) is 0 Å². The number of rotatable bonds is 6. The molecule has 2 unspecified atom stereocenters. The van der Waals surface area contributed by atoms with E-state index in [1.807, 2.05) is 13.8 Å². The van der Waals surface area contributed by atoms with Crippen molar-refractivity contribution in [2.75, 3.05) is 6.54 Å². The largest absolute Gasteiger partial charge is 0.392 e. The van der Waals surface area contributed by atoms with E-state index in [-0.39, 0.29) is 29.5 Å². The Labute approximate surface area is 104 Å². The van der Waals surface area contributed by atoms with Gasteiger partial charge in [-0.15, -0.1) is 0 Å². The molecule has 0 heterocycles. The molecule has 4 nitrogen and oxygen atoms in total. The van der Waals surface area contributed by atoms with Crippen molar-refractivity contribution in [2.24, 2.45) is 5.41 Å². The van der Waals surface area contributed by atoms with Crippen LogP contribution < -0.4 is 10.6 Å².